The van der Waals surface area contributed by atoms with Gasteiger partial charge >= 0.3 is 0 Å². The van der Waals surface area contributed by atoms with E-state index >= 15 is 0 Å². The highest BCUT2D eigenvalue weighted by molar-refractivity contribution is 5.20. The van der Waals surface area contributed by atoms with Crippen LogP contribution >= 0.6 is 0 Å². The van der Waals surface area contributed by atoms with Crippen LogP contribution in [0.4, 0.5) is 4.39 Å². The Kier molecular flexibility index (Phi) is 4.74. The number of nitrogens with one attached hydrogen (secondary N) is 1. The number of aromatic nitrogens is 1. The van der Waals surface area contributed by atoms with Crippen molar-refractivity contribution in [1.29, 1.82) is 0 Å². The fourth-order valence-electron chi connectivity index (χ4n) is 2.12. The summed E-state index contributed by atoms with van der Waals surface area (Å²) in [6.07, 6.45) is 5.21. The molecule has 0 bridgehead atoms. The topological polar surface area (TPSA) is 17.0 Å². The van der Waals surface area contributed by atoms with Gasteiger partial charge in [0.2, 0.25) is 0 Å². The zero-order chi connectivity index (χ0) is 13.7. The first-order valence-electron chi connectivity index (χ1n) is 6.83. The lowest BCUT2D eigenvalue weighted by atomic mass is 10.2. The van der Waals surface area contributed by atoms with Gasteiger partial charge in [-0.05, 0) is 37.6 Å². The number of benzene rings is 1. The smallest absolute Gasteiger partial charge is 0.128 e. The molecule has 1 heterocycles. The molecule has 0 amide bonds. The molecule has 0 radical (unpaired) electrons. The van der Waals surface area contributed by atoms with Crippen LogP contribution in [0.2, 0.25) is 0 Å². The molecule has 2 aromatic rings. The third kappa shape index (κ3) is 3.67. The van der Waals surface area contributed by atoms with E-state index in [-0.39, 0.29) is 5.82 Å². The lowest BCUT2D eigenvalue weighted by molar-refractivity contribution is 0.568. The highest BCUT2D eigenvalue weighted by atomic mass is 19.1. The summed E-state index contributed by atoms with van der Waals surface area (Å²) < 4.78 is 15.6. The second-order valence-electron chi connectivity index (χ2n) is 4.88. The average Bonchev–Trinajstić information content (AvgIpc) is 2.87. The van der Waals surface area contributed by atoms with Crippen molar-refractivity contribution in [2.45, 2.75) is 32.9 Å². The third-order valence-electron chi connectivity index (χ3n) is 3.28. The molecule has 2 rings (SSSR count). The van der Waals surface area contributed by atoms with Crippen molar-refractivity contribution >= 4 is 0 Å². The van der Waals surface area contributed by atoms with E-state index in [0.29, 0.717) is 12.6 Å². The van der Waals surface area contributed by atoms with Gasteiger partial charge in [0, 0.05) is 30.5 Å². The summed E-state index contributed by atoms with van der Waals surface area (Å²) in [7, 11) is 0. The van der Waals surface area contributed by atoms with Crippen molar-refractivity contribution in [3.8, 4) is 0 Å². The summed E-state index contributed by atoms with van der Waals surface area (Å²) in [5.41, 5.74) is 1.96. The van der Waals surface area contributed by atoms with Crippen LogP contribution in [0.1, 0.15) is 37.4 Å². The minimum absolute atomic E-state index is 0.144. The lowest BCUT2D eigenvalue weighted by Crippen LogP contribution is -2.18. The van der Waals surface area contributed by atoms with Gasteiger partial charge in [0.05, 0.1) is 0 Å². The average molecular weight is 260 g/mol. The quantitative estimate of drug-likeness (QED) is 0.837. The Balaban J connectivity index is 2.03. The normalized spacial score (nSPS) is 12.6. The standard InChI is InChI=1S/C16H21FN2/c1-3-9-18-13(2)14-8-10-19(11-14)12-15-6-4-5-7-16(15)17/h4-8,10-11,13,18H,3,9,12H2,1-2H3. The number of halogens is 1. The van der Waals surface area contributed by atoms with Gasteiger partial charge in [0.1, 0.15) is 5.82 Å². The molecule has 1 aromatic heterocycles. The fourth-order valence-corrected chi connectivity index (χ4v) is 2.12. The van der Waals surface area contributed by atoms with E-state index in [4.69, 9.17) is 0 Å². The molecule has 1 unspecified atom stereocenters. The summed E-state index contributed by atoms with van der Waals surface area (Å²) in [5, 5.41) is 3.45. The molecule has 0 saturated carbocycles. The van der Waals surface area contributed by atoms with E-state index in [2.05, 4.69) is 31.4 Å². The van der Waals surface area contributed by atoms with Crippen LogP contribution < -0.4 is 5.32 Å². The number of hydrogen-bond donors (Lipinski definition) is 1. The van der Waals surface area contributed by atoms with Gasteiger partial charge in [-0.15, -0.1) is 0 Å². The van der Waals surface area contributed by atoms with Crippen molar-refractivity contribution in [2.75, 3.05) is 6.54 Å². The Hall–Kier alpha value is -1.61. The molecule has 3 heteroatoms. The van der Waals surface area contributed by atoms with E-state index in [1.54, 1.807) is 6.07 Å². The van der Waals surface area contributed by atoms with Gasteiger partial charge in [-0.25, -0.2) is 4.39 Å². The monoisotopic (exact) mass is 260 g/mol. The van der Waals surface area contributed by atoms with E-state index in [1.165, 1.54) is 11.6 Å². The zero-order valence-electron chi connectivity index (χ0n) is 11.6. The van der Waals surface area contributed by atoms with Crippen LogP contribution in [0, 0.1) is 5.82 Å². The third-order valence-corrected chi connectivity index (χ3v) is 3.28. The minimum atomic E-state index is -0.144. The molecule has 0 aliphatic rings. The van der Waals surface area contributed by atoms with Crippen molar-refractivity contribution in [3.63, 3.8) is 0 Å². The molecule has 1 N–H and O–H groups in total. The Bertz CT molecular complexity index is 519. The van der Waals surface area contributed by atoms with Crippen molar-refractivity contribution < 1.29 is 4.39 Å². The van der Waals surface area contributed by atoms with E-state index in [1.807, 2.05) is 22.9 Å². The van der Waals surface area contributed by atoms with Gasteiger partial charge in [-0.1, -0.05) is 25.1 Å². The molecular weight excluding hydrogens is 239 g/mol. The Labute approximate surface area is 114 Å². The Morgan fingerprint density at radius 3 is 2.79 bits per heavy atom. The SMILES string of the molecule is CCCNC(C)c1ccn(Cc2ccccc2F)c1. The van der Waals surface area contributed by atoms with Crippen molar-refractivity contribution in [2.24, 2.45) is 0 Å². The van der Waals surface area contributed by atoms with Gasteiger partial charge in [-0.3, -0.25) is 0 Å². The molecule has 0 aliphatic heterocycles. The molecule has 102 valence electrons. The summed E-state index contributed by atoms with van der Waals surface area (Å²) in [4.78, 5) is 0. The van der Waals surface area contributed by atoms with Crippen molar-refractivity contribution in [1.82, 2.24) is 9.88 Å². The predicted octanol–water partition coefficient (Wildman–Crippen LogP) is 3.74. The molecule has 0 saturated heterocycles. The van der Waals surface area contributed by atoms with E-state index in [9.17, 15) is 4.39 Å². The van der Waals surface area contributed by atoms with Crippen LogP contribution in [-0.4, -0.2) is 11.1 Å². The van der Waals surface area contributed by atoms with E-state index < -0.39 is 0 Å². The van der Waals surface area contributed by atoms with E-state index in [0.717, 1.165) is 18.5 Å². The summed E-state index contributed by atoms with van der Waals surface area (Å²) in [5.74, 6) is -0.144. The lowest BCUT2D eigenvalue weighted by Gasteiger charge is -2.11. The highest BCUT2D eigenvalue weighted by Crippen LogP contribution is 2.15. The molecule has 0 spiro atoms. The van der Waals surface area contributed by atoms with Crippen LogP contribution in [0.3, 0.4) is 0 Å². The van der Waals surface area contributed by atoms with Crippen molar-refractivity contribution in [3.05, 3.63) is 59.7 Å². The van der Waals surface area contributed by atoms with Crippen LogP contribution in [0.25, 0.3) is 0 Å². The Morgan fingerprint density at radius 2 is 2.05 bits per heavy atom. The molecule has 2 nitrogen and oxygen atoms in total. The first-order chi connectivity index (χ1) is 9.20. The summed E-state index contributed by atoms with van der Waals surface area (Å²) in [6.45, 7) is 5.90. The molecule has 1 atom stereocenters. The fraction of sp³-hybridized carbons (Fsp3) is 0.375. The summed E-state index contributed by atoms with van der Waals surface area (Å²) >= 11 is 0. The first kappa shape index (κ1) is 13.8. The second kappa shape index (κ2) is 6.53. The molecule has 0 aliphatic carbocycles. The number of hydrogen-bond acceptors (Lipinski definition) is 1. The van der Waals surface area contributed by atoms with Crippen LogP contribution in [-0.2, 0) is 6.54 Å². The molecule has 19 heavy (non-hydrogen) atoms. The molecule has 0 fully saturated rings. The zero-order valence-corrected chi connectivity index (χ0v) is 11.6. The van der Waals surface area contributed by atoms with Gasteiger partial charge < -0.3 is 9.88 Å². The maximum atomic E-state index is 13.6. The Morgan fingerprint density at radius 1 is 1.26 bits per heavy atom. The molecular formula is C16H21FN2. The van der Waals surface area contributed by atoms with Gasteiger partial charge in [0.25, 0.3) is 0 Å². The minimum Gasteiger partial charge on any atom is -0.349 e. The second-order valence-corrected chi connectivity index (χ2v) is 4.88. The number of nitrogens with zero attached hydrogens (tertiary/aromatic N) is 1. The number of rotatable bonds is 6. The predicted molar refractivity (Wildman–Crippen MR) is 76.6 cm³/mol. The molecule has 1 aromatic carbocycles. The summed E-state index contributed by atoms with van der Waals surface area (Å²) in [6, 6.07) is 9.35. The first-order valence-corrected chi connectivity index (χ1v) is 6.83. The van der Waals surface area contributed by atoms with Gasteiger partial charge in [-0.2, -0.15) is 0 Å². The maximum absolute atomic E-state index is 13.6. The maximum Gasteiger partial charge on any atom is 0.128 e. The van der Waals surface area contributed by atoms with Gasteiger partial charge in [0.15, 0.2) is 0 Å². The van der Waals surface area contributed by atoms with Crippen LogP contribution in [0.15, 0.2) is 42.7 Å². The highest BCUT2D eigenvalue weighted by Gasteiger charge is 2.07. The largest absolute Gasteiger partial charge is 0.349 e. The van der Waals surface area contributed by atoms with Crippen LogP contribution in [0.5, 0.6) is 0 Å².